The van der Waals surface area contributed by atoms with Crippen LogP contribution < -0.4 is 31.1 Å². The van der Waals surface area contributed by atoms with Gasteiger partial charge >= 0.3 is 0 Å². The van der Waals surface area contributed by atoms with Gasteiger partial charge in [0.25, 0.3) is 6.71 Å². The van der Waals surface area contributed by atoms with Crippen LogP contribution in [0.1, 0.15) is 143 Å². The van der Waals surface area contributed by atoms with Crippen molar-refractivity contribution in [2.24, 2.45) is 0 Å². The minimum atomic E-state index is -0.147. The molecule has 8 aromatic rings. The molecular weight excluding hydrogens is 862 g/mol. The molecule has 0 fully saturated rings. The van der Waals surface area contributed by atoms with Gasteiger partial charge in [-0.1, -0.05) is 165 Å². The van der Waals surface area contributed by atoms with Gasteiger partial charge in [0.2, 0.25) is 0 Å². The van der Waals surface area contributed by atoms with Gasteiger partial charge in [-0.15, -0.1) is 0 Å². The molecule has 0 saturated carbocycles. The van der Waals surface area contributed by atoms with Gasteiger partial charge < -0.3 is 19.1 Å². The lowest BCUT2D eigenvalue weighted by Gasteiger charge is -2.45. The Kier molecular flexibility index (Phi) is 11.2. The number of hydrogen-bond acceptors (Lipinski definition) is 4. The van der Waals surface area contributed by atoms with Crippen molar-refractivity contribution in [1.29, 1.82) is 0 Å². The first kappa shape index (κ1) is 48.2. The molecule has 0 saturated heterocycles. The Bertz CT molecular complexity index is 3290. The van der Waals surface area contributed by atoms with E-state index in [4.69, 9.17) is 4.42 Å². The highest BCUT2D eigenvalue weighted by Gasteiger charge is 2.45. The monoisotopic (exact) mass is 936 g/mol. The van der Waals surface area contributed by atoms with E-state index in [1.807, 2.05) is 12.5 Å². The van der Waals surface area contributed by atoms with Crippen LogP contribution in [0.2, 0.25) is 0 Å². The molecule has 5 heteroatoms. The molecule has 3 heterocycles. The highest BCUT2D eigenvalue weighted by Crippen LogP contribution is 2.49. The number of hydrogen-bond donors (Lipinski definition) is 0. The Balaban J connectivity index is 1.29. The molecule has 0 N–H and O–H groups in total. The van der Waals surface area contributed by atoms with Crippen molar-refractivity contribution in [3.05, 3.63) is 179 Å². The van der Waals surface area contributed by atoms with Crippen LogP contribution in [0.4, 0.5) is 51.2 Å². The first-order valence-corrected chi connectivity index (χ1v) is 25.8. The molecule has 0 atom stereocenters. The fourth-order valence-electron chi connectivity index (χ4n) is 10.9. The van der Waals surface area contributed by atoms with Crippen molar-refractivity contribution >= 4 is 85.1 Å². The third-order valence-electron chi connectivity index (χ3n) is 15.4. The largest absolute Gasteiger partial charge is 0.471 e. The maximum absolute atomic E-state index is 5.97. The average molecular weight is 936 g/mol. The highest BCUT2D eigenvalue weighted by molar-refractivity contribution is 7.00. The molecule has 0 bridgehead atoms. The zero-order valence-corrected chi connectivity index (χ0v) is 45.6. The molecule has 0 amide bonds. The molecule has 2 aliphatic rings. The first-order chi connectivity index (χ1) is 33.2. The van der Waals surface area contributed by atoms with Gasteiger partial charge in [0.15, 0.2) is 0 Å². The zero-order chi connectivity index (χ0) is 50.9. The minimum absolute atomic E-state index is 0.00832. The van der Waals surface area contributed by atoms with Crippen LogP contribution in [0.3, 0.4) is 0 Å². The first-order valence-electron chi connectivity index (χ1n) is 25.8. The van der Waals surface area contributed by atoms with Crippen LogP contribution in [0, 0.1) is 13.8 Å². The summed E-state index contributed by atoms with van der Waals surface area (Å²) in [5, 5.41) is 2.20. The molecule has 0 radical (unpaired) electrons. The van der Waals surface area contributed by atoms with Crippen molar-refractivity contribution in [3.8, 4) is 0 Å². The molecule has 1 aromatic heterocycles. The topological polar surface area (TPSA) is 22.9 Å². The van der Waals surface area contributed by atoms with E-state index in [9.17, 15) is 0 Å². The van der Waals surface area contributed by atoms with Gasteiger partial charge in [0, 0.05) is 62.0 Å². The lowest BCUT2D eigenvalue weighted by Crippen LogP contribution is -2.61. The van der Waals surface area contributed by atoms with Gasteiger partial charge in [0.05, 0.1) is 12.5 Å². The Labute approximate surface area is 425 Å². The molecule has 0 unspecified atom stereocenters. The number of benzene rings is 7. The van der Waals surface area contributed by atoms with E-state index in [1.165, 1.54) is 89.5 Å². The summed E-state index contributed by atoms with van der Waals surface area (Å²) < 4.78 is 5.97. The maximum Gasteiger partial charge on any atom is 0.252 e. The number of aryl methyl sites for hydroxylation is 2. The summed E-state index contributed by atoms with van der Waals surface area (Å²) in [5.41, 5.74) is 23.4. The lowest BCUT2D eigenvalue weighted by atomic mass is 9.33. The Morgan fingerprint density at radius 2 is 0.789 bits per heavy atom. The quantitative estimate of drug-likeness (QED) is 0.160. The van der Waals surface area contributed by atoms with Crippen molar-refractivity contribution < 1.29 is 4.42 Å². The second-order valence-corrected chi connectivity index (χ2v) is 25.9. The normalized spacial score (nSPS) is 13.9. The lowest BCUT2D eigenvalue weighted by molar-refractivity contribution is 0.572. The molecule has 0 aliphatic carbocycles. The zero-order valence-electron chi connectivity index (χ0n) is 45.6. The number of fused-ring (bicyclic) bond motifs is 5. The summed E-state index contributed by atoms with van der Waals surface area (Å²) in [6.07, 6.45) is 3.80. The van der Waals surface area contributed by atoms with Gasteiger partial charge in [-0.2, -0.15) is 0 Å². The molecule has 0 spiro atoms. The van der Waals surface area contributed by atoms with Crippen molar-refractivity contribution in [2.75, 3.05) is 14.7 Å². The Morgan fingerprint density at radius 1 is 0.380 bits per heavy atom. The van der Waals surface area contributed by atoms with E-state index < -0.39 is 0 Å². The van der Waals surface area contributed by atoms with Crippen LogP contribution in [-0.4, -0.2) is 6.71 Å². The fourth-order valence-corrected chi connectivity index (χ4v) is 10.9. The number of furan rings is 1. The van der Waals surface area contributed by atoms with Crippen molar-refractivity contribution in [3.63, 3.8) is 0 Å². The molecule has 7 aromatic carbocycles. The predicted octanol–water partition coefficient (Wildman–Crippen LogP) is 17.1. The van der Waals surface area contributed by atoms with E-state index in [1.54, 1.807) is 0 Å². The van der Waals surface area contributed by atoms with Crippen molar-refractivity contribution in [2.45, 2.75) is 145 Å². The van der Waals surface area contributed by atoms with Gasteiger partial charge in [-0.25, -0.2) is 0 Å². The minimum Gasteiger partial charge on any atom is -0.471 e. The standard InChI is InChI=1S/C66H74BN3O/c1-41-32-47(64(9,10)11)22-30-55(41)70(56-31-23-48(33-42(56)2)65(12,13)14)52-28-29-53-58(38-52)69(51-26-20-46(21-27-51)63(6,7)8)60-37-49(66(15,16)17)36-59-61(60)67(53)54-34-43-39-71-40-44(43)35-57(54)68(59)50-24-18-45(19-25-50)62(3,4)5/h18-40H,1-17H3. The molecule has 71 heavy (non-hydrogen) atoms. The van der Waals surface area contributed by atoms with E-state index >= 15 is 0 Å². The van der Waals surface area contributed by atoms with Crippen molar-refractivity contribution in [1.82, 2.24) is 0 Å². The van der Waals surface area contributed by atoms with Crippen LogP contribution in [0.25, 0.3) is 10.8 Å². The number of nitrogens with zero attached hydrogens (tertiary/aromatic N) is 3. The molecule has 10 rings (SSSR count). The Hall–Kier alpha value is -6.46. The number of anilines is 9. The van der Waals surface area contributed by atoms with Crippen LogP contribution >= 0.6 is 0 Å². The van der Waals surface area contributed by atoms with Crippen LogP contribution in [-0.2, 0) is 27.1 Å². The summed E-state index contributed by atoms with van der Waals surface area (Å²) >= 11 is 0. The second kappa shape index (κ2) is 16.6. The summed E-state index contributed by atoms with van der Waals surface area (Å²) in [6.45, 7) is 39.2. The summed E-state index contributed by atoms with van der Waals surface area (Å²) in [6, 6.07) is 49.9. The third-order valence-corrected chi connectivity index (χ3v) is 15.4. The maximum atomic E-state index is 5.97. The smallest absolute Gasteiger partial charge is 0.252 e. The molecular formula is C66H74BN3O. The third kappa shape index (κ3) is 8.47. The van der Waals surface area contributed by atoms with Gasteiger partial charge in [0.1, 0.15) is 0 Å². The van der Waals surface area contributed by atoms with Crippen LogP contribution in [0.15, 0.2) is 144 Å². The number of rotatable bonds is 5. The Morgan fingerprint density at radius 3 is 1.21 bits per heavy atom. The average Bonchev–Trinajstić information content (AvgIpc) is 3.75. The molecule has 4 nitrogen and oxygen atoms in total. The SMILES string of the molecule is Cc1cc(C(C)(C)C)ccc1N(c1ccc2c(c1)N(c1ccc(C(C)(C)C)cc1)c1cc(C(C)(C)C)cc3c1B2c1cc2cocc2cc1N3c1ccc(C(C)(C)C)cc1)c1ccc(C(C)(C)C)cc1C. The summed E-state index contributed by atoms with van der Waals surface area (Å²) in [7, 11) is 0. The summed E-state index contributed by atoms with van der Waals surface area (Å²) in [4.78, 5) is 7.64. The van der Waals surface area contributed by atoms with E-state index in [0.717, 1.165) is 27.8 Å². The van der Waals surface area contributed by atoms with Crippen LogP contribution in [0.5, 0.6) is 0 Å². The van der Waals surface area contributed by atoms with E-state index in [-0.39, 0.29) is 33.8 Å². The molecule has 2 aliphatic heterocycles. The van der Waals surface area contributed by atoms with Gasteiger partial charge in [-0.05, 0) is 163 Å². The summed E-state index contributed by atoms with van der Waals surface area (Å²) in [5.74, 6) is 0. The highest BCUT2D eigenvalue weighted by atomic mass is 16.3. The van der Waals surface area contributed by atoms with E-state index in [2.05, 4.69) is 260 Å². The van der Waals surface area contributed by atoms with Gasteiger partial charge in [-0.3, -0.25) is 0 Å². The fraction of sp³-hybridized carbons (Fsp3) is 0.333. The molecule has 362 valence electrons. The van der Waals surface area contributed by atoms with E-state index in [0.29, 0.717) is 0 Å². The predicted molar refractivity (Wildman–Crippen MR) is 308 cm³/mol. The second-order valence-electron chi connectivity index (χ2n) is 25.9.